The van der Waals surface area contributed by atoms with E-state index in [0.29, 0.717) is 0 Å². The van der Waals surface area contributed by atoms with Crippen LogP contribution in [0.15, 0.2) is 22.7 Å². The zero-order valence-corrected chi connectivity index (χ0v) is 14.8. The minimum atomic E-state index is -0.0960. The topological polar surface area (TPSA) is 15.3 Å². The highest BCUT2D eigenvalue weighted by atomic mass is 79.9. The van der Waals surface area contributed by atoms with Gasteiger partial charge in [-0.1, -0.05) is 35.3 Å². The summed E-state index contributed by atoms with van der Waals surface area (Å²) in [6.07, 6.45) is 2.06. The van der Waals surface area contributed by atoms with Crippen LogP contribution in [0.1, 0.15) is 31.4 Å². The Morgan fingerprint density at radius 1 is 1.30 bits per heavy atom. The van der Waals surface area contributed by atoms with Crippen molar-refractivity contribution in [2.75, 3.05) is 26.2 Å². The average molecular weight is 388 g/mol. The Balaban J connectivity index is 0.00000180. The van der Waals surface area contributed by atoms with Gasteiger partial charge in [-0.05, 0) is 18.6 Å². The second-order valence-corrected chi connectivity index (χ2v) is 5.58. The highest BCUT2D eigenvalue weighted by molar-refractivity contribution is 9.10. The van der Waals surface area contributed by atoms with Crippen LogP contribution >= 0.6 is 40.7 Å². The maximum atomic E-state index is 14.1. The van der Waals surface area contributed by atoms with Crippen LogP contribution in [0.5, 0.6) is 0 Å². The first-order chi connectivity index (χ1) is 8.74. The first-order valence-electron chi connectivity index (χ1n) is 6.62. The lowest BCUT2D eigenvalue weighted by atomic mass is 9.99. The Kier molecular flexibility index (Phi) is 10.0. The van der Waals surface area contributed by atoms with Gasteiger partial charge >= 0.3 is 0 Å². The van der Waals surface area contributed by atoms with Crippen molar-refractivity contribution in [3.05, 3.63) is 34.1 Å². The van der Waals surface area contributed by atoms with Gasteiger partial charge in [-0.2, -0.15) is 0 Å². The van der Waals surface area contributed by atoms with Crippen LogP contribution in [-0.2, 0) is 0 Å². The van der Waals surface area contributed by atoms with Gasteiger partial charge in [0, 0.05) is 42.3 Å². The molecular weight excluding hydrogens is 366 g/mol. The van der Waals surface area contributed by atoms with Crippen LogP contribution in [-0.4, -0.2) is 31.1 Å². The molecule has 1 aromatic rings. The number of piperazine rings is 1. The largest absolute Gasteiger partial charge is 0.314 e. The normalized spacial score (nSPS) is 16.9. The standard InChI is InChI=1S/C14H20BrFN2.2ClH/c1-2-4-13(18-9-7-17-8-10-18)14-11(15)5-3-6-12(14)16;;/h3,5-6,13,17H,2,4,7-10H2,1H3;2*1H/t13-;;/m0../s1. The summed E-state index contributed by atoms with van der Waals surface area (Å²) in [5, 5.41) is 3.35. The molecule has 0 aliphatic carbocycles. The van der Waals surface area contributed by atoms with Gasteiger partial charge < -0.3 is 5.32 Å². The molecule has 0 spiro atoms. The molecule has 1 N–H and O–H groups in total. The SMILES string of the molecule is CCC[C@@H](c1c(F)cccc1Br)N1CCNCC1.Cl.Cl. The molecule has 0 amide bonds. The average Bonchev–Trinajstić information content (AvgIpc) is 2.38. The Morgan fingerprint density at radius 3 is 2.50 bits per heavy atom. The van der Waals surface area contributed by atoms with Gasteiger partial charge in [-0.3, -0.25) is 4.90 Å². The van der Waals surface area contributed by atoms with E-state index in [1.165, 1.54) is 0 Å². The zero-order valence-electron chi connectivity index (χ0n) is 11.6. The predicted molar refractivity (Wildman–Crippen MR) is 90.7 cm³/mol. The van der Waals surface area contributed by atoms with Gasteiger partial charge in [0.05, 0.1) is 0 Å². The van der Waals surface area contributed by atoms with Crippen molar-refractivity contribution >= 4 is 40.7 Å². The molecule has 6 heteroatoms. The molecule has 1 fully saturated rings. The molecule has 0 bridgehead atoms. The van der Waals surface area contributed by atoms with Gasteiger partial charge in [0.2, 0.25) is 0 Å². The number of halogens is 4. The summed E-state index contributed by atoms with van der Waals surface area (Å²) in [5.41, 5.74) is 0.821. The number of hydrogen-bond donors (Lipinski definition) is 1. The molecule has 1 aliphatic rings. The summed E-state index contributed by atoms with van der Waals surface area (Å²) >= 11 is 3.50. The third kappa shape index (κ3) is 4.85. The Hall–Kier alpha value is 0.130. The molecule has 20 heavy (non-hydrogen) atoms. The molecule has 0 aromatic heterocycles. The van der Waals surface area contributed by atoms with E-state index in [-0.39, 0.29) is 36.7 Å². The molecule has 1 heterocycles. The summed E-state index contributed by atoms with van der Waals surface area (Å²) in [6, 6.07) is 5.44. The van der Waals surface area contributed by atoms with Gasteiger partial charge in [0.1, 0.15) is 5.82 Å². The summed E-state index contributed by atoms with van der Waals surface area (Å²) in [4.78, 5) is 2.39. The molecule has 0 unspecified atom stereocenters. The summed E-state index contributed by atoms with van der Waals surface area (Å²) in [7, 11) is 0. The van der Waals surface area contributed by atoms with Crippen molar-refractivity contribution in [3.63, 3.8) is 0 Å². The number of nitrogens with one attached hydrogen (secondary N) is 1. The molecule has 1 aromatic carbocycles. The van der Waals surface area contributed by atoms with E-state index in [1.54, 1.807) is 12.1 Å². The molecule has 1 atom stereocenters. The lowest BCUT2D eigenvalue weighted by Gasteiger charge is -2.35. The molecule has 116 valence electrons. The molecular formula is C14H22BrCl2FN2. The summed E-state index contributed by atoms with van der Waals surface area (Å²) in [5.74, 6) is -0.0960. The smallest absolute Gasteiger partial charge is 0.129 e. The third-order valence-electron chi connectivity index (χ3n) is 3.49. The van der Waals surface area contributed by atoms with E-state index in [2.05, 4.69) is 33.1 Å². The van der Waals surface area contributed by atoms with Crippen molar-refractivity contribution in [1.82, 2.24) is 10.2 Å². The predicted octanol–water partition coefficient (Wildman–Crippen LogP) is 4.18. The van der Waals surface area contributed by atoms with Crippen molar-refractivity contribution < 1.29 is 4.39 Å². The van der Waals surface area contributed by atoms with Crippen LogP contribution in [0.3, 0.4) is 0 Å². The minimum absolute atomic E-state index is 0. The molecule has 1 aliphatic heterocycles. The van der Waals surface area contributed by atoms with Crippen molar-refractivity contribution in [3.8, 4) is 0 Å². The van der Waals surface area contributed by atoms with E-state index >= 15 is 0 Å². The second-order valence-electron chi connectivity index (χ2n) is 4.73. The molecule has 0 saturated carbocycles. The highest BCUT2D eigenvalue weighted by Gasteiger charge is 2.25. The van der Waals surface area contributed by atoms with E-state index in [4.69, 9.17) is 0 Å². The van der Waals surface area contributed by atoms with Gasteiger partial charge in [-0.15, -0.1) is 24.8 Å². The molecule has 2 nitrogen and oxygen atoms in total. The van der Waals surface area contributed by atoms with Crippen LogP contribution in [0, 0.1) is 5.82 Å². The quantitative estimate of drug-likeness (QED) is 0.833. The minimum Gasteiger partial charge on any atom is -0.314 e. The number of benzene rings is 1. The lowest BCUT2D eigenvalue weighted by Crippen LogP contribution is -2.45. The first kappa shape index (κ1) is 20.1. The molecule has 0 radical (unpaired) electrons. The second kappa shape index (κ2) is 9.96. The van der Waals surface area contributed by atoms with Crippen LogP contribution in [0.4, 0.5) is 4.39 Å². The molecule has 1 saturated heterocycles. The van der Waals surface area contributed by atoms with Crippen LogP contribution < -0.4 is 5.32 Å². The van der Waals surface area contributed by atoms with Crippen molar-refractivity contribution in [1.29, 1.82) is 0 Å². The lowest BCUT2D eigenvalue weighted by molar-refractivity contribution is 0.161. The number of rotatable bonds is 4. The fourth-order valence-electron chi connectivity index (χ4n) is 2.61. The monoisotopic (exact) mass is 386 g/mol. The maximum absolute atomic E-state index is 14.1. The molecule has 2 rings (SSSR count). The van der Waals surface area contributed by atoms with E-state index in [9.17, 15) is 4.39 Å². The van der Waals surface area contributed by atoms with Crippen molar-refractivity contribution in [2.24, 2.45) is 0 Å². The van der Waals surface area contributed by atoms with Gasteiger partial charge in [-0.25, -0.2) is 4.39 Å². The third-order valence-corrected chi connectivity index (χ3v) is 4.18. The van der Waals surface area contributed by atoms with E-state index in [0.717, 1.165) is 49.1 Å². The van der Waals surface area contributed by atoms with Crippen LogP contribution in [0.2, 0.25) is 0 Å². The highest BCUT2D eigenvalue weighted by Crippen LogP contribution is 2.33. The summed E-state index contributed by atoms with van der Waals surface area (Å²) < 4.78 is 15.0. The fraction of sp³-hybridized carbons (Fsp3) is 0.571. The maximum Gasteiger partial charge on any atom is 0.129 e. The van der Waals surface area contributed by atoms with Gasteiger partial charge in [0.15, 0.2) is 0 Å². The summed E-state index contributed by atoms with van der Waals surface area (Å²) in [6.45, 7) is 6.12. The fourth-order valence-corrected chi connectivity index (χ4v) is 3.21. The Morgan fingerprint density at radius 2 is 1.95 bits per heavy atom. The van der Waals surface area contributed by atoms with Crippen molar-refractivity contribution in [2.45, 2.75) is 25.8 Å². The zero-order chi connectivity index (χ0) is 13.0. The number of hydrogen-bond acceptors (Lipinski definition) is 2. The van der Waals surface area contributed by atoms with Crippen LogP contribution in [0.25, 0.3) is 0 Å². The van der Waals surface area contributed by atoms with E-state index in [1.807, 2.05) is 6.07 Å². The number of nitrogens with zero attached hydrogens (tertiary/aromatic N) is 1. The first-order valence-corrected chi connectivity index (χ1v) is 7.42. The van der Waals surface area contributed by atoms with E-state index < -0.39 is 0 Å². The Bertz CT molecular complexity index is 381. The Labute approximate surface area is 141 Å². The van der Waals surface area contributed by atoms with Gasteiger partial charge in [0.25, 0.3) is 0 Å².